The molecule has 0 radical (unpaired) electrons. The fraction of sp³-hybridized carbons (Fsp3) is 0.421. The van der Waals surface area contributed by atoms with Crippen molar-refractivity contribution in [1.82, 2.24) is 14.8 Å². The van der Waals surface area contributed by atoms with Crippen LogP contribution in [0.1, 0.15) is 11.3 Å². The third-order valence-electron chi connectivity index (χ3n) is 4.20. The van der Waals surface area contributed by atoms with Crippen LogP contribution in [0.5, 0.6) is 17.2 Å². The Morgan fingerprint density at radius 3 is 2.22 bits per heavy atom. The van der Waals surface area contributed by atoms with Gasteiger partial charge in [0.2, 0.25) is 5.75 Å². The largest absolute Gasteiger partial charge is 0.493 e. The molecule has 2 rings (SSSR count). The van der Waals surface area contributed by atoms with Crippen LogP contribution in [0.25, 0.3) is 0 Å². The van der Waals surface area contributed by atoms with Crippen molar-refractivity contribution >= 4 is 29.9 Å². The van der Waals surface area contributed by atoms with Gasteiger partial charge < -0.3 is 29.0 Å². The first-order valence-corrected chi connectivity index (χ1v) is 8.34. The summed E-state index contributed by atoms with van der Waals surface area (Å²) in [5, 5.41) is 3.37. The van der Waals surface area contributed by atoms with Gasteiger partial charge in [0.15, 0.2) is 17.5 Å². The molecule has 1 N–H and O–H groups in total. The maximum atomic E-state index is 5.41. The lowest BCUT2D eigenvalue weighted by Gasteiger charge is -2.23. The number of rotatable bonds is 7. The molecule has 0 aliphatic heterocycles. The SMILES string of the molecule is CN=C(NCc1cc(OC)c(OC)c(OC)c1)N(C)Cc1cccn1C.I. The second kappa shape index (κ2) is 10.9. The Bertz CT molecular complexity index is 736. The van der Waals surface area contributed by atoms with Crippen LogP contribution in [0, 0.1) is 0 Å². The molecule has 0 atom stereocenters. The lowest BCUT2D eigenvalue weighted by molar-refractivity contribution is 0.323. The van der Waals surface area contributed by atoms with E-state index in [-0.39, 0.29) is 24.0 Å². The number of hydrogen-bond acceptors (Lipinski definition) is 4. The van der Waals surface area contributed by atoms with E-state index in [0.717, 1.165) is 18.1 Å². The van der Waals surface area contributed by atoms with Crippen molar-refractivity contribution < 1.29 is 14.2 Å². The Morgan fingerprint density at radius 1 is 1.15 bits per heavy atom. The third-order valence-corrected chi connectivity index (χ3v) is 4.20. The van der Waals surface area contributed by atoms with Gasteiger partial charge in [0.05, 0.1) is 27.9 Å². The highest BCUT2D eigenvalue weighted by Crippen LogP contribution is 2.38. The molecule has 1 heterocycles. The summed E-state index contributed by atoms with van der Waals surface area (Å²) in [5.74, 6) is 2.66. The zero-order chi connectivity index (χ0) is 19.1. The van der Waals surface area contributed by atoms with Crippen molar-refractivity contribution in [2.45, 2.75) is 13.1 Å². The van der Waals surface area contributed by atoms with Crippen molar-refractivity contribution in [2.24, 2.45) is 12.0 Å². The fourth-order valence-corrected chi connectivity index (χ4v) is 2.78. The first-order valence-electron chi connectivity index (χ1n) is 8.34. The minimum Gasteiger partial charge on any atom is -0.493 e. The number of hydrogen-bond donors (Lipinski definition) is 1. The van der Waals surface area contributed by atoms with Crippen LogP contribution >= 0.6 is 24.0 Å². The van der Waals surface area contributed by atoms with E-state index in [1.165, 1.54) is 5.69 Å². The Hall–Kier alpha value is -2.10. The van der Waals surface area contributed by atoms with Gasteiger partial charge in [-0.05, 0) is 29.8 Å². The molecule has 7 nitrogen and oxygen atoms in total. The van der Waals surface area contributed by atoms with Crippen LogP contribution in [0.3, 0.4) is 0 Å². The molecule has 8 heteroatoms. The zero-order valence-corrected chi connectivity index (χ0v) is 19.1. The number of aliphatic imine (C=N–C) groups is 1. The number of nitrogens with zero attached hydrogens (tertiary/aromatic N) is 3. The molecule has 0 saturated heterocycles. The maximum Gasteiger partial charge on any atom is 0.203 e. The lowest BCUT2D eigenvalue weighted by Crippen LogP contribution is -2.38. The van der Waals surface area contributed by atoms with Crippen molar-refractivity contribution in [1.29, 1.82) is 0 Å². The molecular formula is C19H29IN4O3. The summed E-state index contributed by atoms with van der Waals surface area (Å²) in [6, 6.07) is 8.00. The normalized spacial score (nSPS) is 10.8. The molecule has 0 fully saturated rings. The van der Waals surface area contributed by atoms with Crippen LogP contribution in [0.2, 0.25) is 0 Å². The molecule has 0 bridgehead atoms. The van der Waals surface area contributed by atoms with Gasteiger partial charge in [-0.25, -0.2) is 0 Å². The van der Waals surface area contributed by atoms with Crippen molar-refractivity contribution in [3.05, 3.63) is 41.7 Å². The highest BCUT2D eigenvalue weighted by molar-refractivity contribution is 14.0. The van der Waals surface area contributed by atoms with Crippen LogP contribution in [0.4, 0.5) is 0 Å². The Labute approximate surface area is 178 Å². The molecule has 0 spiro atoms. The third kappa shape index (κ3) is 5.69. The summed E-state index contributed by atoms with van der Waals surface area (Å²) in [4.78, 5) is 6.44. The smallest absolute Gasteiger partial charge is 0.203 e. The molecule has 0 aliphatic carbocycles. The minimum absolute atomic E-state index is 0. The number of aryl methyl sites for hydroxylation is 1. The van der Waals surface area contributed by atoms with Crippen molar-refractivity contribution in [3.8, 4) is 17.2 Å². The Balaban J connectivity index is 0.00000364. The van der Waals surface area contributed by atoms with E-state index in [1.54, 1.807) is 28.4 Å². The number of benzene rings is 1. The van der Waals surface area contributed by atoms with Gasteiger partial charge in [-0.2, -0.15) is 0 Å². The van der Waals surface area contributed by atoms with Crippen LogP contribution in [-0.4, -0.2) is 50.9 Å². The highest BCUT2D eigenvalue weighted by atomic mass is 127. The van der Waals surface area contributed by atoms with Gasteiger partial charge >= 0.3 is 0 Å². The fourth-order valence-electron chi connectivity index (χ4n) is 2.78. The van der Waals surface area contributed by atoms with E-state index in [0.29, 0.717) is 23.8 Å². The summed E-state index contributed by atoms with van der Waals surface area (Å²) >= 11 is 0. The van der Waals surface area contributed by atoms with E-state index in [4.69, 9.17) is 14.2 Å². The molecule has 1 aromatic heterocycles. The van der Waals surface area contributed by atoms with Gasteiger partial charge in [-0.1, -0.05) is 0 Å². The first-order chi connectivity index (χ1) is 12.5. The van der Waals surface area contributed by atoms with Crippen molar-refractivity contribution in [2.75, 3.05) is 35.4 Å². The van der Waals surface area contributed by atoms with Crippen molar-refractivity contribution in [3.63, 3.8) is 0 Å². The molecular weight excluding hydrogens is 459 g/mol. The molecule has 0 saturated carbocycles. The molecule has 0 unspecified atom stereocenters. The summed E-state index contributed by atoms with van der Waals surface area (Å²) < 4.78 is 18.3. The monoisotopic (exact) mass is 488 g/mol. The quantitative estimate of drug-likeness (QED) is 0.369. The van der Waals surface area contributed by atoms with E-state index in [9.17, 15) is 0 Å². The Morgan fingerprint density at radius 2 is 1.78 bits per heavy atom. The second-order valence-corrected chi connectivity index (χ2v) is 5.90. The minimum atomic E-state index is 0. The van der Waals surface area contributed by atoms with Crippen LogP contribution in [0.15, 0.2) is 35.5 Å². The van der Waals surface area contributed by atoms with E-state index >= 15 is 0 Å². The lowest BCUT2D eigenvalue weighted by atomic mass is 10.2. The highest BCUT2D eigenvalue weighted by Gasteiger charge is 2.14. The standard InChI is InChI=1S/C19H28N4O3.HI/c1-20-19(23(3)13-15-8-7-9-22(15)2)21-12-14-10-16(24-4)18(26-6)17(11-14)25-5;/h7-11H,12-13H2,1-6H3,(H,20,21);1H. The molecule has 0 aliphatic rings. The summed E-state index contributed by atoms with van der Waals surface area (Å²) in [5.41, 5.74) is 2.22. The molecule has 2 aromatic rings. The first kappa shape index (κ1) is 22.9. The zero-order valence-electron chi connectivity index (χ0n) is 16.8. The Kier molecular flexibility index (Phi) is 9.27. The van der Waals surface area contributed by atoms with Gasteiger partial charge in [0.25, 0.3) is 0 Å². The molecule has 1 aromatic carbocycles. The number of guanidine groups is 1. The molecule has 0 amide bonds. The van der Waals surface area contributed by atoms with E-state index in [2.05, 4.69) is 25.8 Å². The molecule has 27 heavy (non-hydrogen) atoms. The number of nitrogens with one attached hydrogen (secondary N) is 1. The predicted molar refractivity (Wildman–Crippen MR) is 119 cm³/mol. The predicted octanol–water partition coefficient (Wildman–Crippen LogP) is 2.88. The average molecular weight is 488 g/mol. The van der Waals surface area contributed by atoms with Gasteiger partial charge in [0.1, 0.15) is 0 Å². The number of methoxy groups -OCH3 is 3. The van der Waals surface area contributed by atoms with Crippen LogP contribution < -0.4 is 19.5 Å². The van der Waals surface area contributed by atoms with E-state index < -0.39 is 0 Å². The molecule has 150 valence electrons. The van der Waals surface area contributed by atoms with E-state index in [1.807, 2.05) is 38.5 Å². The number of aromatic nitrogens is 1. The maximum absolute atomic E-state index is 5.41. The number of ether oxygens (including phenoxy) is 3. The average Bonchev–Trinajstić information content (AvgIpc) is 3.05. The van der Waals surface area contributed by atoms with Crippen LogP contribution in [-0.2, 0) is 20.1 Å². The van der Waals surface area contributed by atoms with Gasteiger partial charge in [0, 0.05) is 39.6 Å². The van der Waals surface area contributed by atoms with Gasteiger partial charge in [-0.3, -0.25) is 4.99 Å². The summed E-state index contributed by atoms with van der Waals surface area (Å²) in [6.45, 7) is 1.35. The summed E-state index contributed by atoms with van der Waals surface area (Å²) in [7, 11) is 10.6. The number of halogens is 1. The topological polar surface area (TPSA) is 60.3 Å². The summed E-state index contributed by atoms with van der Waals surface area (Å²) in [6.07, 6.45) is 2.04. The van der Waals surface area contributed by atoms with Gasteiger partial charge in [-0.15, -0.1) is 24.0 Å². The second-order valence-electron chi connectivity index (χ2n) is 5.90.